The van der Waals surface area contributed by atoms with Crippen LogP contribution in [0.15, 0.2) is 90.0 Å². The average Bonchev–Trinajstić information content (AvgIpc) is 3.19. The van der Waals surface area contributed by atoms with E-state index in [0.717, 1.165) is 16.8 Å². The fourth-order valence-electron chi connectivity index (χ4n) is 3.19. The lowest BCUT2D eigenvalue weighted by Gasteiger charge is -2.08. The highest BCUT2D eigenvalue weighted by molar-refractivity contribution is 7.90. The molecule has 30 heavy (non-hydrogen) atoms. The molecule has 1 heterocycles. The van der Waals surface area contributed by atoms with Crippen LogP contribution in [-0.4, -0.2) is 29.3 Å². The van der Waals surface area contributed by atoms with Crippen molar-refractivity contribution in [2.24, 2.45) is 0 Å². The molecule has 0 aliphatic rings. The second-order valence-corrected chi connectivity index (χ2v) is 9.40. The molecule has 0 spiro atoms. The van der Waals surface area contributed by atoms with Gasteiger partial charge in [-0.05, 0) is 54.1 Å². The third-order valence-electron chi connectivity index (χ3n) is 4.77. The monoisotopic (exact) mass is 438 g/mol. The van der Waals surface area contributed by atoms with Crippen molar-refractivity contribution in [1.29, 1.82) is 0 Å². The third-order valence-corrected chi connectivity index (χ3v) is 6.15. The van der Waals surface area contributed by atoms with Crippen LogP contribution in [0.4, 0.5) is 0 Å². The van der Waals surface area contributed by atoms with E-state index in [-0.39, 0.29) is 4.90 Å². The lowest BCUT2D eigenvalue weighted by molar-refractivity contribution is 0.216. The maximum Gasteiger partial charge on any atom is 0.175 e. The Morgan fingerprint density at radius 3 is 2.17 bits per heavy atom. The van der Waals surface area contributed by atoms with Gasteiger partial charge in [0.1, 0.15) is 11.9 Å². The van der Waals surface area contributed by atoms with Gasteiger partial charge in [0.15, 0.2) is 9.84 Å². The first-order valence-corrected chi connectivity index (χ1v) is 11.5. The van der Waals surface area contributed by atoms with Crippen LogP contribution in [0.3, 0.4) is 0 Å². The molecule has 1 atom stereocenters. The maximum absolute atomic E-state index is 11.8. The molecule has 4 aromatic rings. The Balaban J connectivity index is 1.83. The van der Waals surface area contributed by atoms with Crippen molar-refractivity contribution in [3.63, 3.8) is 0 Å². The van der Waals surface area contributed by atoms with E-state index in [4.69, 9.17) is 11.6 Å². The minimum atomic E-state index is -3.29. The Morgan fingerprint density at radius 2 is 1.57 bits per heavy atom. The molecule has 1 unspecified atom stereocenters. The summed E-state index contributed by atoms with van der Waals surface area (Å²) in [5.74, 6) is 0.586. The normalized spacial score (nSPS) is 12.6. The predicted molar refractivity (Wildman–Crippen MR) is 118 cm³/mol. The molecule has 4 rings (SSSR count). The highest BCUT2D eigenvalue weighted by Gasteiger charge is 2.19. The van der Waals surface area contributed by atoms with Crippen molar-refractivity contribution in [2.75, 3.05) is 6.26 Å². The number of benzene rings is 3. The van der Waals surface area contributed by atoms with E-state index >= 15 is 0 Å². The van der Waals surface area contributed by atoms with Gasteiger partial charge < -0.3 is 5.11 Å². The van der Waals surface area contributed by atoms with Crippen molar-refractivity contribution in [3.05, 3.63) is 101 Å². The summed E-state index contributed by atoms with van der Waals surface area (Å²) in [6.45, 7) is 0. The van der Waals surface area contributed by atoms with E-state index in [1.807, 2.05) is 47.0 Å². The van der Waals surface area contributed by atoms with Crippen LogP contribution < -0.4 is 0 Å². The van der Waals surface area contributed by atoms with E-state index in [0.29, 0.717) is 16.5 Å². The molecule has 0 bridgehead atoms. The van der Waals surface area contributed by atoms with Crippen molar-refractivity contribution in [3.8, 4) is 17.1 Å². The number of sulfone groups is 1. The molecule has 3 aromatic carbocycles. The average molecular weight is 439 g/mol. The highest BCUT2D eigenvalue weighted by atomic mass is 35.5. The summed E-state index contributed by atoms with van der Waals surface area (Å²) < 4.78 is 25.4. The number of imidazole rings is 1. The minimum Gasteiger partial charge on any atom is -0.382 e. The highest BCUT2D eigenvalue weighted by Crippen LogP contribution is 2.29. The van der Waals surface area contributed by atoms with Crippen LogP contribution in [0.25, 0.3) is 17.1 Å². The summed E-state index contributed by atoms with van der Waals surface area (Å²) >= 11 is 6.03. The van der Waals surface area contributed by atoms with Crippen LogP contribution >= 0.6 is 11.6 Å². The molecule has 0 aliphatic heterocycles. The first kappa shape index (κ1) is 20.3. The second kappa shape index (κ2) is 8.07. The standard InChI is InChI=1S/C23H19ClN2O3S/c1-30(28,29)20-13-7-17(8-14-20)23-25-21(22(27)16-5-3-2-4-6-16)15-26(23)19-11-9-18(24)10-12-19/h2-15,22,27H,1H3. The third kappa shape index (κ3) is 4.16. The van der Waals surface area contributed by atoms with Crippen molar-refractivity contribution >= 4 is 21.4 Å². The van der Waals surface area contributed by atoms with E-state index in [9.17, 15) is 13.5 Å². The molecule has 0 radical (unpaired) electrons. The Bertz CT molecular complexity index is 1270. The Labute approximate surface area is 180 Å². The largest absolute Gasteiger partial charge is 0.382 e. The van der Waals surface area contributed by atoms with Crippen molar-refractivity contribution in [2.45, 2.75) is 11.0 Å². The molecule has 0 fully saturated rings. The molecule has 5 nitrogen and oxygen atoms in total. The zero-order valence-corrected chi connectivity index (χ0v) is 17.7. The molecule has 0 saturated heterocycles. The van der Waals surface area contributed by atoms with Gasteiger partial charge in [0.05, 0.1) is 10.6 Å². The van der Waals surface area contributed by atoms with Gasteiger partial charge >= 0.3 is 0 Å². The van der Waals surface area contributed by atoms with E-state index in [1.54, 1.807) is 42.6 Å². The molecule has 0 amide bonds. The molecular formula is C23H19ClN2O3S. The van der Waals surface area contributed by atoms with Gasteiger partial charge in [0.2, 0.25) is 0 Å². The Kier molecular flexibility index (Phi) is 5.47. The lowest BCUT2D eigenvalue weighted by Crippen LogP contribution is -1.99. The van der Waals surface area contributed by atoms with Crippen LogP contribution in [0, 0.1) is 0 Å². The predicted octanol–water partition coefficient (Wildman–Crippen LogP) is 4.68. The van der Waals surface area contributed by atoms with Gasteiger partial charge in [0.25, 0.3) is 0 Å². The molecule has 152 valence electrons. The minimum absolute atomic E-state index is 0.236. The molecular weight excluding hydrogens is 420 g/mol. The number of hydrogen-bond acceptors (Lipinski definition) is 4. The van der Waals surface area contributed by atoms with E-state index < -0.39 is 15.9 Å². The summed E-state index contributed by atoms with van der Waals surface area (Å²) in [6, 6.07) is 23.1. The van der Waals surface area contributed by atoms with Gasteiger partial charge in [-0.1, -0.05) is 41.9 Å². The summed E-state index contributed by atoms with van der Waals surface area (Å²) in [6.07, 6.45) is 2.06. The van der Waals surface area contributed by atoms with Gasteiger partial charge in [-0.15, -0.1) is 0 Å². The van der Waals surface area contributed by atoms with E-state index in [1.165, 1.54) is 6.26 Å². The van der Waals surface area contributed by atoms with Crippen molar-refractivity contribution < 1.29 is 13.5 Å². The van der Waals surface area contributed by atoms with Gasteiger partial charge in [-0.3, -0.25) is 4.57 Å². The summed E-state index contributed by atoms with van der Waals surface area (Å²) in [7, 11) is -3.29. The first-order valence-electron chi connectivity index (χ1n) is 9.21. The quantitative estimate of drug-likeness (QED) is 0.491. The fraction of sp³-hybridized carbons (Fsp3) is 0.0870. The summed E-state index contributed by atoms with van der Waals surface area (Å²) in [5, 5.41) is 11.5. The van der Waals surface area contributed by atoms with Crippen LogP contribution in [0.1, 0.15) is 17.4 Å². The number of nitrogens with zero attached hydrogens (tertiary/aromatic N) is 2. The zero-order chi connectivity index (χ0) is 21.3. The smallest absolute Gasteiger partial charge is 0.175 e. The Hall–Kier alpha value is -2.93. The number of hydrogen-bond donors (Lipinski definition) is 1. The summed E-state index contributed by atoms with van der Waals surface area (Å²) in [5.41, 5.74) is 2.76. The van der Waals surface area contributed by atoms with Crippen molar-refractivity contribution in [1.82, 2.24) is 9.55 Å². The number of aliphatic hydroxyl groups excluding tert-OH is 1. The molecule has 7 heteroatoms. The molecule has 1 N–H and O–H groups in total. The first-order chi connectivity index (χ1) is 14.3. The fourth-order valence-corrected chi connectivity index (χ4v) is 3.95. The molecule has 0 aliphatic carbocycles. The topological polar surface area (TPSA) is 72.2 Å². The van der Waals surface area contributed by atoms with Gasteiger partial charge in [0, 0.05) is 28.7 Å². The number of aliphatic hydroxyl groups is 1. The van der Waals surface area contributed by atoms with Gasteiger partial charge in [-0.2, -0.15) is 0 Å². The zero-order valence-electron chi connectivity index (χ0n) is 16.1. The van der Waals surface area contributed by atoms with Crippen LogP contribution in [0.5, 0.6) is 0 Å². The number of aromatic nitrogens is 2. The lowest BCUT2D eigenvalue weighted by atomic mass is 10.1. The molecule has 1 aromatic heterocycles. The SMILES string of the molecule is CS(=O)(=O)c1ccc(-c2nc(C(O)c3ccccc3)cn2-c2ccc(Cl)cc2)cc1. The van der Waals surface area contributed by atoms with Crippen LogP contribution in [0.2, 0.25) is 5.02 Å². The van der Waals surface area contributed by atoms with Crippen LogP contribution in [-0.2, 0) is 9.84 Å². The number of rotatable bonds is 5. The second-order valence-electron chi connectivity index (χ2n) is 6.95. The molecule has 0 saturated carbocycles. The Morgan fingerprint density at radius 1 is 0.933 bits per heavy atom. The van der Waals surface area contributed by atoms with Gasteiger partial charge in [-0.25, -0.2) is 13.4 Å². The maximum atomic E-state index is 11.8. The van der Waals surface area contributed by atoms with E-state index in [2.05, 4.69) is 4.98 Å². The number of halogens is 1. The summed E-state index contributed by atoms with van der Waals surface area (Å²) in [4.78, 5) is 4.91.